The molecule has 11 heteroatoms. The Kier molecular flexibility index (Phi) is 5.22. The van der Waals surface area contributed by atoms with Crippen LogP contribution in [0.15, 0.2) is 39.9 Å². The van der Waals surface area contributed by atoms with E-state index in [9.17, 15) is 18.4 Å². The van der Waals surface area contributed by atoms with Gasteiger partial charge in [-0.1, -0.05) is 15.9 Å². The van der Waals surface area contributed by atoms with Gasteiger partial charge in [-0.2, -0.15) is 0 Å². The maximum Gasteiger partial charge on any atom is 0.275 e. The molecule has 1 atom stereocenters. The van der Waals surface area contributed by atoms with E-state index >= 15 is 0 Å². The third kappa shape index (κ3) is 4.39. The van der Waals surface area contributed by atoms with Crippen LogP contribution in [0.4, 0.5) is 14.7 Å². The van der Waals surface area contributed by atoms with Crippen LogP contribution in [0.2, 0.25) is 0 Å². The molecule has 1 unspecified atom stereocenters. The summed E-state index contributed by atoms with van der Waals surface area (Å²) < 4.78 is 34.0. The van der Waals surface area contributed by atoms with Crippen molar-refractivity contribution in [2.45, 2.75) is 25.7 Å². The number of halogens is 3. The van der Waals surface area contributed by atoms with Crippen molar-refractivity contribution >= 4 is 38.6 Å². The predicted molar refractivity (Wildman–Crippen MR) is 103 cm³/mol. The van der Waals surface area contributed by atoms with E-state index in [0.29, 0.717) is 9.86 Å². The third-order valence-electron chi connectivity index (χ3n) is 4.27. The molecular formula is C18H14BrF2N5O3. The summed E-state index contributed by atoms with van der Waals surface area (Å²) in [5, 5.41) is 6.96. The van der Waals surface area contributed by atoms with Crippen molar-refractivity contribution in [1.29, 1.82) is 0 Å². The third-order valence-corrected chi connectivity index (χ3v) is 4.76. The van der Waals surface area contributed by atoms with Gasteiger partial charge in [0.2, 0.25) is 24.1 Å². The fourth-order valence-corrected chi connectivity index (χ4v) is 3.02. The first-order chi connectivity index (χ1) is 13.9. The number of alkyl halides is 1. The summed E-state index contributed by atoms with van der Waals surface area (Å²) in [4.78, 5) is 32.2. The summed E-state index contributed by atoms with van der Waals surface area (Å²) in [7, 11) is 0. The van der Waals surface area contributed by atoms with Gasteiger partial charge in [0.15, 0.2) is 5.82 Å². The Balaban J connectivity index is 1.65. The van der Waals surface area contributed by atoms with Crippen molar-refractivity contribution in [3.8, 4) is 5.88 Å². The van der Waals surface area contributed by atoms with Crippen LogP contribution in [0.5, 0.6) is 5.88 Å². The smallest absolute Gasteiger partial charge is 0.275 e. The highest BCUT2D eigenvalue weighted by molar-refractivity contribution is 9.10. The summed E-state index contributed by atoms with van der Waals surface area (Å²) >= 11 is 3.31. The first-order valence-electron chi connectivity index (χ1n) is 8.69. The summed E-state index contributed by atoms with van der Waals surface area (Å²) in [6.07, 6.45) is 1.69. The van der Waals surface area contributed by atoms with E-state index in [-0.39, 0.29) is 23.1 Å². The number of benzene rings is 1. The first-order valence-corrected chi connectivity index (χ1v) is 9.48. The number of nitrogens with zero attached hydrogens (tertiary/aromatic N) is 4. The van der Waals surface area contributed by atoms with Crippen LogP contribution in [0.1, 0.15) is 12.8 Å². The highest BCUT2D eigenvalue weighted by atomic mass is 79.9. The molecular weight excluding hydrogens is 452 g/mol. The fraction of sp³-hybridized carbons (Fsp3) is 0.278. The molecule has 2 heterocycles. The standard InChI is InChI=1S/C18H14BrF2N5O3/c19-10-3-4-12-13(5-10)16(29-15(21)9-1-2-9)25-26(17(12)28)8-14(27)24-18-22-6-11(20)7-23-18/h3-7,9,15H,1-2,8H2,(H,22,23,24,27). The van der Waals surface area contributed by atoms with Crippen molar-refractivity contribution in [2.24, 2.45) is 5.92 Å². The van der Waals surface area contributed by atoms with Gasteiger partial charge in [0.25, 0.3) is 5.56 Å². The van der Waals surface area contributed by atoms with Crippen molar-refractivity contribution in [1.82, 2.24) is 19.7 Å². The second kappa shape index (κ2) is 7.82. The molecule has 1 amide bonds. The van der Waals surface area contributed by atoms with Crippen molar-refractivity contribution < 1.29 is 18.3 Å². The van der Waals surface area contributed by atoms with E-state index in [4.69, 9.17) is 4.74 Å². The minimum absolute atomic E-state index is 0.0777. The average molecular weight is 466 g/mol. The van der Waals surface area contributed by atoms with E-state index in [1.54, 1.807) is 12.1 Å². The summed E-state index contributed by atoms with van der Waals surface area (Å²) in [6, 6.07) is 4.80. The lowest BCUT2D eigenvalue weighted by molar-refractivity contribution is -0.117. The molecule has 1 aliphatic carbocycles. The molecule has 3 aromatic rings. The maximum absolute atomic E-state index is 14.2. The number of fused-ring (bicyclic) bond motifs is 1. The van der Waals surface area contributed by atoms with Crippen LogP contribution in [-0.2, 0) is 11.3 Å². The van der Waals surface area contributed by atoms with E-state index in [1.165, 1.54) is 6.07 Å². The lowest BCUT2D eigenvalue weighted by atomic mass is 10.2. The molecule has 0 aliphatic heterocycles. The van der Waals surface area contributed by atoms with Crippen LogP contribution in [0.3, 0.4) is 0 Å². The predicted octanol–water partition coefficient (Wildman–Crippen LogP) is 2.81. The molecule has 150 valence electrons. The molecule has 2 aromatic heterocycles. The largest absolute Gasteiger partial charge is 0.441 e. The Morgan fingerprint density at radius 3 is 2.72 bits per heavy atom. The number of carbonyl (C=O) groups excluding carboxylic acids is 1. The minimum Gasteiger partial charge on any atom is -0.441 e. The number of amides is 1. The molecule has 1 aromatic carbocycles. The van der Waals surface area contributed by atoms with Gasteiger partial charge < -0.3 is 4.74 Å². The SMILES string of the molecule is O=C(Cn1nc(OC(F)C2CC2)c2cc(Br)ccc2c1=O)Nc1ncc(F)cn1. The van der Waals surface area contributed by atoms with E-state index in [0.717, 1.165) is 29.9 Å². The first kappa shape index (κ1) is 19.4. The molecule has 4 rings (SSSR count). The fourth-order valence-electron chi connectivity index (χ4n) is 2.66. The molecule has 0 spiro atoms. The van der Waals surface area contributed by atoms with Crippen LogP contribution in [0.25, 0.3) is 10.8 Å². The van der Waals surface area contributed by atoms with Gasteiger partial charge in [-0.25, -0.2) is 23.4 Å². The number of carbonyl (C=O) groups is 1. The second-order valence-corrected chi connectivity index (χ2v) is 7.45. The normalized spacial score (nSPS) is 14.6. The molecule has 0 bridgehead atoms. The van der Waals surface area contributed by atoms with Gasteiger partial charge in [0.05, 0.1) is 23.2 Å². The van der Waals surface area contributed by atoms with Crippen LogP contribution in [-0.4, -0.2) is 32.0 Å². The Hall–Kier alpha value is -2.95. The van der Waals surface area contributed by atoms with Gasteiger partial charge in [-0.3, -0.25) is 14.9 Å². The summed E-state index contributed by atoms with van der Waals surface area (Å²) in [5.41, 5.74) is -0.545. The molecule has 1 N–H and O–H groups in total. The highest BCUT2D eigenvalue weighted by Crippen LogP contribution is 2.36. The number of nitrogens with one attached hydrogen (secondary N) is 1. The Morgan fingerprint density at radius 1 is 1.31 bits per heavy atom. The van der Waals surface area contributed by atoms with Gasteiger partial charge in [-0.15, -0.1) is 5.10 Å². The molecule has 1 aliphatic rings. The minimum atomic E-state index is -1.54. The van der Waals surface area contributed by atoms with Crippen molar-refractivity contribution in [2.75, 3.05) is 5.32 Å². The van der Waals surface area contributed by atoms with Crippen LogP contribution in [0, 0.1) is 11.7 Å². The zero-order valence-electron chi connectivity index (χ0n) is 14.8. The molecule has 1 fully saturated rings. The molecule has 8 nitrogen and oxygen atoms in total. The average Bonchev–Trinajstić information content (AvgIpc) is 3.52. The monoisotopic (exact) mass is 465 g/mol. The number of hydrogen-bond acceptors (Lipinski definition) is 6. The zero-order valence-corrected chi connectivity index (χ0v) is 16.4. The second-order valence-electron chi connectivity index (χ2n) is 6.54. The lowest BCUT2D eigenvalue weighted by Crippen LogP contribution is -2.31. The number of aromatic nitrogens is 4. The van der Waals surface area contributed by atoms with Crippen LogP contribution >= 0.6 is 15.9 Å². The Bertz CT molecular complexity index is 1130. The van der Waals surface area contributed by atoms with Crippen molar-refractivity contribution in [3.63, 3.8) is 0 Å². The number of hydrogen-bond donors (Lipinski definition) is 1. The summed E-state index contributed by atoms with van der Waals surface area (Å²) in [6.45, 7) is -0.484. The highest BCUT2D eigenvalue weighted by Gasteiger charge is 2.34. The van der Waals surface area contributed by atoms with E-state index in [1.807, 2.05) is 0 Å². The number of ether oxygens (including phenoxy) is 1. The van der Waals surface area contributed by atoms with Gasteiger partial charge in [0, 0.05) is 10.4 Å². The van der Waals surface area contributed by atoms with E-state index in [2.05, 4.69) is 36.3 Å². The molecule has 0 saturated heterocycles. The Labute approximate surface area is 171 Å². The molecule has 29 heavy (non-hydrogen) atoms. The van der Waals surface area contributed by atoms with Gasteiger partial charge >= 0.3 is 0 Å². The Morgan fingerprint density at radius 2 is 2.03 bits per heavy atom. The van der Waals surface area contributed by atoms with Gasteiger partial charge in [-0.05, 0) is 31.0 Å². The van der Waals surface area contributed by atoms with Gasteiger partial charge in [0.1, 0.15) is 6.54 Å². The summed E-state index contributed by atoms with van der Waals surface area (Å²) in [5.74, 6) is -1.71. The van der Waals surface area contributed by atoms with Crippen molar-refractivity contribution in [3.05, 3.63) is 51.2 Å². The molecule has 0 radical (unpaired) electrons. The van der Waals surface area contributed by atoms with Crippen LogP contribution < -0.4 is 15.6 Å². The lowest BCUT2D eigenvalue weighted by Gasteiger charge is -2.14. The number of anilines is 1. The number of rotatable bonds is 6. The topological polar surface area (TPSA) is 99.0 Å². The van der Waals surface area contributed by atoms with E-state index < -0.39 is 30.2 Å². The quantitative estimate of drug-likeness (QED) is 0.600. The maximum atomic E-state index is 14.2. The zero-order chi connectivity index (χ0) is 20.5. The molecule has 1 saturated carbocycles.